The largest absolute Gasteiger partial charge is 0.310 e. The monoisotopic (exact) mass is 419 g/mol. The Bertz CT molecular complexity index is 1420. The van der Waals surface area contributed by atoms with Crippen LogP contribution in [0.3, 0.4) is 0 Å². The van der Waals surface area contributed by atoms with Crippen molar-refractivity contribution < 1.29 is 0 Å². The number of nitrogens with one attached hydrogen (secondary N) is 1. The molecule has 0 saturated heterocycles. The minimum Gasteiger partial charge on any atom is -0.310 e. The Morgan fingerprint density at radius 2 is 1.72 bits per heavy atom. The van der Waals surface area contributed by atoms with Crippen LogP contribution in [-0.2, 0) is 5.54 Å². The molecule has 32 heavy (non-hydrogen) atoms. The van der Waals surface area contributed by atoms with Crippen molar-refractivity contribution in [3.05, 3.63) is 84.2 Å². The quantitative estimate of drug-likeness (QED) is 0.417. The summed E-state index contributed by atoms with van der Waals surface area (Å²) in [5, 5.41) is 9.15. The third kappa shape index (κ3) is 2.93. The molecule has 1 fully saturated rings. The van der Waals surface area contributed by atoms with Gasteiger partial charge in [-0.25, -0.2) is 9.97 Å². The number of nitrogens with zero attached hydrogens (tertiary/aromatic N) is 4. The first-order chi connectivity index (χ1) is 15.7. The Kier molecular flexibility index (Phi) is 4.33. The Hall–Kier alpha value is -3.57. The molecule has 0 spiro atoms. The van der Waals surface area contributed by atoms with Gasteiger partial charge in [-0.15, -0.1) is 0 Å². The molecule has 0 unspecified atom stereocenters. The van der Waals surface area contributed by atoms with Crippen LogP contribution in [-0.4, -0.2) is 26.6 Å². The highest BCUT2D eigenvalue weighted by Gasteiger charge is 2.36. The topological polar surface area (TPSA) is 55.1 Å². The molecule has 0 bridgehead atoms. The summed E-state index contributed by atoms with van der Waals surface area (Å²) in [7, 11) is 2.07. The highest BCUT2D eigenvalue weighted by atomic mass is 15.3. The smallest absolute Gasteiger partial charge is 0.165 e. The molecule has 1 aliphatic carbocycles. The molecule has 0 amide bonds. The SMILES string of the molecule is CNC1(c2ccc(-c3nc4c(cnc5cc(C)nn54)cc3-c3ccccc3)cc2)CCC1. The summed E-state index contributed by atoms with van der Waals surface area (Å²) < 4.78 is 1.85. The lowest BCUT2D eigenvalue weighted by atomic mass is 9.72. The molecule has 0 aliphatic heterocycles. The van der Waals surface area contributed by atoms with Crippen LogP contribution in [0, 0.1) is 6.92 Å². The molecule has 158 valence electrons. The average Bonchev–Trinajstić information content (AvgIpc) is 3.20. The summed E-state index contributed by atoms with van der Waals surface area (Å²) in [6, 6.07) is 23.5. The van der Waals surface area contributed by atoms with Crippen LogP contribution in [0.5, 0.6) is 0 Å². The fourth-order valence-corrected chi connectivity index (χ4v) is 4.87. The third-order valence-corrected chi connectivity index (χ3v) is 6.86. The zero-order chi connectivity index (χ0) is 21.7. The summed E-state index contributed by atoms with van der Waals surface area (Å²) in [5.74, 6) is 0. The summed E-state index contributed by atoms with van der Waals surface area (Å²) >= 11 is 0. The number of benzene rings is 2. The predicted octanol–water partition coefficient (Wildman–Crippen LogP) is 5.52. The Balaban J connectivity index is 1.57. The highest BCUT2D eigenvalue weighted by molar-refractivity contribution is 5.90. The van der Waals surface area contributed by atoms with Crippen molar-refractivity contribution >= 4 is 16.7 Å². The molecule has 0 atom stereocenters. The minimum absolute atomic E-state index is 0.127. The normalized spacial score (nSPS) is 15.2. The van der Waals surface area contributed by atoms with E-state index in [-0.39, 0.29) is 5.54 Å². The number of aryl methyl sites for hydroxylation is 1. The van der Waals surface area contributed by atoms with Gasteiger partial charge in [0.1, 0.15) is 0 Å². The number of aromatic nitrogens is 4. The van der Waals surface area contributed by atoms with Crippen LogP contribution in [0.4, 0.5) is 0 Å². The second kappa shape index (κ2) is 7.24. The van der Waals surface area contributed by atoms with Crippen molar-refractivity contribution in [2.75, 3.05) is 7.05 Å². The molecule has 5 aromatic rings. The van der Waals surface area contributed by atoms with Gasteiger partial charge in [-0.05, 0) is 50.4 Å². The van der Waals surface area contributed by atoms with E-state index in [1.165, 1.54) is 24.8 Å². The second-order valence-corrected chi connectivity index (χ2v) is 8.74. The average molecular weight is 420 g/mol. The van der Waals surface area contributed by atoms with Crippen molar-refractivity contribution in [3.8, 4) is 22.4 Å². The van der Waals surface area contributed by atoms with E-state index >= 15 is 0 Å². The maximum Gasteiger partial charge on any atom is 0.165 e. The lowest BCUT2D eigenvalue weighted by molar-refractivity contribution is 0.201. The van der Waals surface area contributed by atoms with Crippen LogP contribution in [0.2, 0.25) is 0 Å². The number of hydrogen-bond acceptors (Lipinski definition) is 4. The lowest BCUT2D eigenvalue weighted by Gasteiger charge is -2.42. The van der Waals surface area contributed by atoms with Crippen LogP contribution < -0.4 is 5.32 Å². The summed E-state index contributed by atoms with van der Waals surface area (Å²) in [6.45, 7) is 1.98. The van der Waals surface area contributed by atoms with Crippen molar-refractivity contribution in [2.45, 2.75) is 31.7 Å². The van der Waals surface area contributed by atoms with E-state index in [0.717, 1.165) is 44.8 Å². The fraction of sp³-hybridized carbons (Fsp3) is 0.222. The summed E-state index contributed by atoms with van der Waals surface area (Å²) in [5.41, 5.74) is 8.36. The first kappa shape index (κ1) is 19.1. The Morgan fingerprint density at radius 3 is 2.41 bits per heavy atom. The molecule has 0 radical (unpaired) electrons. The Labute approximate surface area is 187 Å². The van der Waals surface area contributed by atoms with Gasteiger partial charge in [0.2, 0.25) is 0 Å². The number of fused-ring (bicyclic) bond motifs is 3. The van der Waals surface area contributed by atoms with Crippen LogP contribution in [0.25, 0.3) is 39.1 Å². The van der Waals surface area contributed by atoms with E-state index in [1.54, 1.807) is 0 Å². The van der Waals surface area contributed by atoms with Gasteiger partial charge in [-0.3, -0.25) is 0 Å². The Morgan fingerprint density at radius 1 is 0.938 bits per heavy atom. The van der Waals surface area contributed by atoms with Gasteiger partial charge >= 0.3 is 0 Å². The molecule has 1 N–H and O–H groups in total. The van der Waals surface area contributed by atoms with Crippen molar-refractivity contribution in [2.24, 2.45) is 0 Å². The van der Waals surface area contributed by atoms with E-state index in [2.05, 4.69) is 77.0 Å². The van der Waals surface area contributed by atoms with Crippen LogP contribution in [0.15, 0.2) is 72.9 Å². The van der Waals surface area contributed by atoms with Gasteiger partial charge in [0.15, 0.2) is 11.3 Å². The molecule has 3 heterocycles. The van der Waals surface area contributed by atoms with E-state index in [4.69, 9.17) is 4.98 Å². The van der Waals surface area contributed by atoms with Crippen LogP contribution >= 0.6 is 0 Å². The van der Waals surface area contributed by atoms with Crippen molar-refractivity contribution in [3.63, 3.8) is 0 Å². The van der Waals surface area contributed by atoms with Crippen molar-refractivity contribution in [1.29, 1.82) is 0 Å². The maximum absolute atomic E-state index is 5.15. The van der Waals surface area contributed by atoms with Crippen molar-refractivity contribution in [1.82, 2.24) is 24.9 Å². The first-order valence-electron chi connectivity index (χ1n) is 11.2. The number of hydrogen-bond donors (Lipinski definition) is 1. The summed E-state index contributed by atoms with van der Waals surface area (Å²) in [4.78, 5) is 9.74. The zero-order valence-corrected chi connectivity index (χ0v) is 18.3. The van der Waals surface area contributed by atoms with E-state index in [9.17, 15) is 0 Å². The zero-order valence-electron chi connectivity index (χ0n) is 18.3. The standard InChI is InChI=1S/C27H25N5/c1-18-15-24-29-17-21-16-23(19-7-4-3-5-8-19)25(30-26(21)32(24)31-18)20-9-11-22(12-10-20)27(28-2)13-6-14-27/h3-5,7-12,15-17,28H,6,13-14H2,1-2H3. The molecule has 5 nitrogen and oxygen atoms in total. The molecular formula is C27H25N5. The second-order valence-electron chi connectivity index (χ2n) is 8.74. The van der Waals surface area contributed by atoms with Gasteiger partial charge in [-0.2, -0.15) is 9.61 Å². The highest BCUT2D eigenvalue weighted by Crippen LogP contribution is 2.42. The molecule has 2 aromatic carbocycles. The third-order valence-electron chi connectivity index (χ3n) is 6.86. The molecule has 5 heteroatoms. The molecule has 6 rings (SSSR count). The number of rotatable bonds is 4. The summed E-state index contributed by atoms with van der Waals surface area (Å²) in [6.07, 6.45) is 5.55. The molecular weight excluding hydrogens is 394 g/mol. The van der Waals surface area contributed by atoms with Gasteiger partial charge < -0.3 is 5.32 Å². The van der Waals surface area contributed by atoms with Gasteiger partial charge in [0.05, 0.1) is 11.4 Å². The fourth-order valence-electron chi connectivity index (χ4n) is 4.87. The molecule has 3 aromatic heterocycles. The van der Waals surface area contributed by atoms with E-state index in [0.29, 0.717) is 0 Å². The first-order valence-corrected chi connectivity index (χ1v) is 11.2. The van der Waals surface area contributed by atoms with E-state index < -0.39 is 0 Å². The van der Waals surface area contributed by atoms with Crippen LogP contribution in [0.1, 0.15) is 30.5 Å². The predicted molar refractivity (Wildman–Crippen MR) is 128 cm³/mol. The molecule has 1 aliphatic rings. The minimum atomic E-state index is 0.127. The van der Waals surface area contributed by atoms with Gasteiger partial charge in [0.25, 0.3) is 0 Å². The van der Waals surface area contributed by atoms with E-state index in [1.807, 2.05) is 29.8 Å². The maximum atomic E-state index is 5.15. The number of pyridine rings is 1. The molecule has 1 saturated carbocycles. The lowest BCUT2D eigenvalue weighted by Crippen LogP contribution is -2.45. The van der Waals surface area contributed by atoms with Gasteiger partial charge in [-0.1, -0.05) is 54.6 Å². The van der Waals surface area contributed by atoms with Gasteiger partial charge in [0, 0.05) is 34.3 Å².